The molecule has 8 nitrogen and oxygen atoms in total. The second-order valence-corrected chi connectivity index (χ2v) is 8.59. The smallest absolute Gasteiger partial charge is 0.268 e. The van der Waals surface area contributed by atoms with Gasteiger partial charge in [-0.25, -0.2) is 8.78 Å². The topological polar surface area (TPSA) is 115 Å². The van der Waals surface area contributed by atoms with E-state index in [9.17, 15) is 18.4 Å². The van der Waals surface area contributed by atoms with Gasteiger partial charge >= 0.3 is 0 Å². The van der Waals surface area contributed by atoms with E-state index in [-0.39, 0.29) is 0 Å². The molecule has 2 N–H and O–H groups in total. The van der Waals surface area contributed by atoms with Crippen LogP contribution in [0.2, 0.25) is 0 Å². The lowest BCUT2D eigenvalue weighted by molar-refractivity contribution is -0.131. The maximum atomic E-state index is 13.6. The van der Waals surface area contributed by atoms with Crippen molar-refractivity contribution in [3.63, 3.8) is 0 Å². The van der Waals surface area contributed by atoms with Crippen LogP contribution in [0.5, 0.6) is 0 Å². The summed E-state index contributed by atoms with van der Waals surface area (Å²) in [5.74, 6) is -4.39. The molecule has 0 aliphatic carbocycles. The Morgan fingerprint density at radius 2 is 1.97 bits per heavy atom. The Labute approximate surface area is 204 Å². The van der Waals surface area contributed by atoms with Crippen molar-refractivity contribution in [1.82, 2.24) is 25.4 Å². The van der Waals surface area contributed by atoms with E-state index < -0.39 is 43.3 Å². The van der Waals surface area contributed by atoms with Crippen molar-refractivity contribution in [2.24, 2.45) is 0 Å². The number of likely N-dealkylation sites (tertiary alicyclic amines) is 1. The molecule has 0 bridgehead atoms. The van der Waals surface area contributed by atoms with E-state index in [1.165, 1.54) is 12.3 Å². The Balaban J connectivity index is 1.33. The van der Waals surface area contributed by atoms with Crippen LogP contribution in [-0.2, 0) is 4.79 Å². The van der Waals surface area contributed by atoms with Gasteiger partial charge in [0.05, 0.1) is 42.0 Å². The minimum Gasteiger partial charge on any atom is -0.343 e. The monoisotopic (exact) mass is 486 g/mol. The molecule has 1 fully saturated rings. The van der Waals surface area contributed by atoms with E-state index >= 15 is 0 Å². The molecule has 2 aromatic heterocycles. The number of nitrogens with one attached hydrogen (secondary N) is 2. The number of carbonyl (C=O) groups excluding carboxylic acids is 2. The van der Waals surface area contributed by atoms with E-state index in [1.807, 2.05) is 42.5 Å². The van der Waals surface area contributed by atoms with Crippen LogP contribution < -0.4 is 5.32 Å². The zero-order valence-electron chi connectivity index (χ0n) is 18.9. The molecular weight excluding hydrogens is 466 g/mol. The number of carbonyl (C=O) groups is 2. The quantitative estimate of drug-likeness (QED) is 0.417. The minimum absolute atomic E-state index is 0.298. The Bertz CT molecular complexity index is 1560. The van der Waals surface area contributed by atoms with Gasteiger partial charge in [-0.2, -0.15) is 10.4 Å². The molecule has 0 unspecified atom stereocenters. The summed E-state index contributed by atoms with van der Waals surface area (Å²) < 4.78 is 27.3. The second-order valence-electron chi connectivity index (χ2n) is 8.59. The third-order valence-corrected chi connectivity index (χ3v) is 6.08. The highest BCUT2D eigenvalue weighted by Gasteiger charge is 2.47. The number of alkyl halides is 2. The van der Waals surface area contributed by atoms with Gasteiger partial charge in [-0.3, -0.25) is 19.7 Å². The lowest BCUT2D eigenvalue weighted by Crippen LogP contribution is -2.43. The van der Waals surface area contributed by atoms with Crippen LogP contribution >= 0.6 is 0 Å². The van der Waals surface area contributed by atoms with Gasteiger partial charge in [-0.1, -0.05) is 24.3 Å². The molecule has 1 aliphatic rings. The third-order valence-electron chi connectivity index (χ3n) is 6.08. The van der Waals surface area contributed by atoms with Crippen LogP contribution in [0, 0.1) is 11.3 Å². The number of hydrogen-bond acceptors (Lipinski definition) is 5. The minimum atomic E-state index is -3.12. The largest absolute Gasteiger partial charge is 0.343 e. The first kappa shape index (κ1) is 23.1. The first-order valence-electron chi connectivity index (χ1n) is 11.2. The van der Waals surface area contributed by atoms with Crippen molar-refractivity contribution in [3.05, 3.63) is 71.5 Å². The summed E-state index contributed by atoms with van der Waals surface area (Å²) in [5.41, 5.74) is 3.65. The summed E-state index contributed by atoms with van der Waals surface area (Å²) in [4.78, 5) is 30.4. The number of rotatable bonds is 5. The summed E-state index contributed by atoms with van der Waals surface area (Å²) >= 11 is 0. The molecule has 0 radical (unpaired) electrons. The summed E-state index contributed by atoms with van der Waals surface area (Å²) in [5, 5.41) is 20.1. The fourth-order valence-corrected chi connectivity index (χ4v) is 4.27. The number of nitriles is 1. The highest BCUT2D eigenvalue weighted by molar-refractivity contribution is 6.07. The number of fused-ring (bicyclic) bond motifs is 2. The number of aromatic amines is 1. The molecule has 180 valence electrons. The van der Waals surface area contributed by atoms with Gasteiger partial charge in [0.2, 0.25) is 5.91 Å². The Morgan fingerprint density at radius 3 is 2.78 bits per heavy atom. The number of aromatic nitrogens is 3. The van der Waals surface area contributed by atoms with Crippen molar-refractivity contribution in [3.8, 4) is 6.07 Å². The van der Waals surface area contributed by atoms with Gasteiger partial charge in [-0.15, -0.1) is 0 Å². The Morgan fingerprint density at radius 1 is 1.19 bits per heavy atom. The number of amides is 2. The van der Waals surface area contributed by atoms with Gasteiger partial charge in [0, 0.05) is 23.4 Å². The predicted octanol–water partition coefficient (Wildman–Crippen LogP) is 3.77. The fourth-order valence-electron chi connectivity index (χ4n) is 4.27. The third kappa shape index (κ3) is 4.63. The number of pyridine rings is 1. The average molecular weight is 486 g/mol. The number of H-pyrrole nitrogens is 1. The summed E-state index contributed by atoms with van der Waals surface area (Å²) in [7, 11) is 0. The zero-order chi connectivity index (χ0) is 25.3. The molecule has 2 aromatic carbocycles. The van der Waals surface area contributed by atoms with Crippen LogP contribution in [-0.4, -0.2) is 56.9 Å². The number of hydrogen-bond donors (Lipinski definition) is 2. The average Bonchev–Trinajstić information content (AvgIpc) is 3.48. The van der Waals surface area contributed by atoms with Crippen LogP contribution in [0.3, 0.4) is 0 Å². The maximum Gasteiger partial charge on any atom is 0.268 e. The van der Waals surface area contributed by atoms with Crippen molar-refractivity contribution >= 4 is 45.8 Å². The van der Waals surface area contributed by atoms with E-state index in [4.69, 9.17) is 5.26 Å². The van der Waals surface area contributed by atoms with Gasteiger partial charge in [0.1, 0.15) is 6.04 Å². The molecule has 2 amide bonds. The molecule has 5 rings (SSSR count). The van der Waals surface area contributed by atoms with Crippen molar-refractivity contribution in [2.75, 3.05) is 13.1 Å². The highest BCUT2D eigenvalue weighted by Crippen LogP contribution is 2.31. The molecule has 1 aliphatic heterocycles. The van der Waals surface area contributed by atoms with Crippen molar-refractivity contribution < 1.29 is 18.4 Å². The molecular formula is C26H20F2N6O2. The van der Waals surface area contributed by atoms with Gasteiger partial charge in [0.25, 0.3) is 11.8 Å². The molecule has 3 heterocycles. The van der Waals surface area contributed by atoms with Gasteiger partial charge in [-0.05, 0) is 41.5 Å². The standard InChI is InChI=1S/C26H20F2N6O2/c27-26(28)11-19(12-29)34(15-26)24(35)14-31-25(36)20-7-8-30-23-6-4-17(10-21(20)23)2-1-16-3-5-22-18(9-16)13-32-33-22/h1-10,13,19H,11,14-15H2,(H,31,36)(H,32,33)/b2-1+/t19-/m0/s1. The first-order chi connectivity index (χ1) is 17.3. The Kier molecular flexibility index (Phi) is 5.90. The van der Waals surface area contributed by atoms with Crippen LogP contribution in [0.25, 0.3) is 34.0 Å². The normalized spacial score (nSPS) is 17.0. The van der Waals surface area contributed by atoms with E-state index in [1.54, 1.807) is 18.3 Å². The van der Waals surface area contributed by atoms with E-state index in [2.05, 4.69) is 20.5 Å². The first-order valence-corrected chi connectivity index (χ1v) is 11.2. The molecule has 36 heavy (non-hydrogen) atoms. The van der Waals surface area contributed by atoms with Gasteiger partial charge < -0.3 is 10.2 Å². The van der Waals surface area contributed by atoms with Crippen molar-refractivity contribution in [2.45, 2.75) is 18.4 Å². The zero-order valence-corrected chi connectivity index (χ0v) is 18.9. The van der Waals surface area contributed by atoms with Gasteiger partial charge in [0.15, 0.2) is 0 Å². The number of nitrogens with zero attached hydrogens (tertiary/aromatic N) is 4. The molecule has 0 spiro atoms. The predicted molar refractivity (Wildman–Crippen MR) is 130 cm³/mol. The lowest BCUT2D eigenvalue weighted by Gasteiger charge is -2.19. The fraction of sp³-hybridized carbons (Fsp3) is 0.192. The second kappa shape index (κ2) is 9.19. The van der Waals surface area contributed by atoms with E-state index in [0.29, 0.717) is 16.5 Å². The Hall–Kier alpha value is -4.65. The number of halogens is 2. The lowest BCUT2D eigenvalue weighted by atomic mass is 10.0. The molecule has 1 saturated heterocycles. The SMILES string of the molecule is N#C[C@@H]1CC(F)(F)CN1C(=O)CNC(=O)c1ccnc2ccc(/C=C/c3ccc4[nH]ncc4c3)cc12. The summed E-state index contributed by atoms with van der Waals surface area (Å²) in [6.07, 6.45) is 6.39. The maximum absolute atomic E-state index is 13.6. The molecule has 1 atom stereocenters. The number of benzene rings is 2. The summed E-state index contributed by atoms with van der Waals surface area (Å²) in [6, 6.07) is 13.4. The van der Waals surface area contributed by atoms with Crippen LogP contribution in [0.4, 0.5) is 8.78 Å². The summed E-state index contributed by atoms with van der Waals surface area (Å²) in [6.45, 7) is -1.33. The van der Waals surface area contributed by atoms with Crippen LogP contribution in [0.1, 0.15) is 27.9 Å². The van der Waals surface area contributed by atoms with E-state index in [0.717, 1.165) is 26.9 Å². The van der Waals surface area contributed by atoms with Crippen LogP contribution in [0.15, 0.2) is 54.9 Å². The molecule has 4 aromatic rings. The molecule has 10 heteroatoms. The highest BCUT2D eigenvalue weighted by atomic mass is 19.3. The molecule has 0 saturated carbocycles. The van der Waals surface area contributed by atoms with Crippen molar-refractivity contribution in [1.29, 1.82) is 5.26 Å².